The SMILES string of the molecule is Cc1cccc(C)c1C(=O)N=C=O. The molecule has 0 aliphatic carbocycles. The van der Waals surface area contributed by atoms with Crippen molar-refractivity contribution in [3.8, 4) is 0 Å². The van der Waals surface area contributed by atoms with Gasteiger partial charge >= 0.3 is 0 Å². The first-order chi connectivity index (χ1) is 6.16. The highest BCUT2D eigenvalue weighted by molar-refractivity contribution is 5.99. The molecule has 0 fully saturated rings. The van der Waals surface area contributed by atoms with Gasteiger partial charge in [0.15, 0.2) is 0 Å². The van der Waals surface area contributed by atoms with Crippen molar-refractivity contribution in [2.24, 2.45) is 4.99 Å². The average Bonchev–Trinajstić information content (AvgIpc) is 2.04. The van der Waals surface area contributed by atoms with Gasteiger partial charge in [-0.25, -0.2) is 4.79 Å². The van der Waals surface area contributed by atoms with Gasteiger partial charge in [0, 0.05) is 5.56 Å². The summed E-state index contributed by atoms with van der Waals surface area (Å²) in [5, 5.41) is 0. The summed E-state index contributed by atoms with van der Waals surface area (Å²) in [6, 6.07) is 5.47. The second-order valence-corrected chi connectivity index (χ2v) is 2.78. The van der Waals surface area contributed by atoms with E-state index in [0.717, 1.165) is 11.1 Å². The maximum Gasteiger partial charge on any atom is 0.288 e. The Morgan fingerprint density at radius 1 is 1.31 bits per heavy atom. The van der Waals surface area contributed by atoms with Crippen molar-refractivity contribution in [3.63, 3.8) is 0 Å². The van der Waals surface area contributed by atoms with E-state index in [-0.39, 0.29) is 0 Å². The topological polar surface area (TPSA) is 46.5 Å². The van der Waals surface area contributed by atoms with Crippen LogP contribution in [0.5, 0.6) is 0 Å². The summed E-state index contributed by atoms with van der Waals surface area (Å²) in [6.07, 6.45) is 1.25. The predicted octanol–water partition coefficient (Wildman–Crippen LogP) is 1.78. The monoisotopic (exact) mass is 175 g/mol. The molecule has 0 saturated carbocycles. The number of amides is 1. The third kappa shape index (κ3) is 1.89. The number of isocyanates is 1. The Bertz CT molecular complexity index is 370. The number of rotatable bonds is 1. The van der Waals surface area contributed by atoms with Gasteiger partial charge in [0.1, 0.15) is 0 Å². The molecule has 1 rings (SSSR count). The Labute approximate surface area is 76.1 Å². The van der Waals surface area contributed by atoms with Crippen molar-refractivity contribution in [2.75, 3.05) is 0 Å². The third-order valence-electron chi connectivity index (χ3n) is 1.84. The fourth-order valence-electron chi connectivity index (χ4n) is 1.25. The molecule has 0 spiro atoms. The van der Waals surface area contributed by atoms with Gasteiger partial charge in [0.05, 0.1) is 0 Å². The van der Waals surface area contributed by atoms with Crippen LogP contribution in [-0.4, -0.2) is 12.0 Å². The fourth-order valence-corrected chi connectivity index (χ4v) is 1.25. The van der Waals surface area contributed by atoms with E-state index >= 15 is 0 Å². The molecule has 0 saturated heterocycles. The van der Waals surface area contributed by atoms with E-state index in [1.54, 1.807) is 26.0 Å². The molecule has 1 amide bonds. The van der Waals surface area contributed by atoms with Crippen molar-refractivity contribution in [3.05, 3.63) is 34.9 Å². The van der Waals surface area contributed by atoms with Crippen molar-refractivity contribution < 1.29 is 9.59 Å². The minimum atomic E-state index is -0.523. The highest BCUT2D eigenvalue weighted by Gasteiger charge is 2.09. The van der Waals surface area contributed by atoms with Crippen LogP contribution in [0.15, 0.2) is 23.2 Å². The molecule has 0 aliphatic heterocycles. The van der Waals surface area contributed by atoms with Gasteiger partial charge in [-0.1, -0.05) is 18.2 Å². The number of nitrogens with zero attached hydrogens (tertiary/aromatic N) is 1. The normalized spacial score (nSPS) is 9.08. The van der Waals surface area contributed by atoms with Crippen LogP contribution < -0.4 is 0 Å². The Morgan fingerprint density at radius 3 is 2.31 bits per heavy atom. The van der Waals surface area contributed by atoms with Crippen LogP contribution in [0, 0.1) is 13.8 Å². The minimum Gasteiger partial charge on any atom is -0.266 e. The highest BCUT2D eigenvalue weighted by Crippen LogP contribution is 2.13. The first-order valence-electron chi connectivity index (χ1n) is 3.85. The smallest absolute Gasteiger partial charge is 0.266 e. The first-order valence-corrected chi connectivity index (χ1v) is 3.85. The lowest BCUT2D eigenvalue weighted by Crippen LogP contribution is -2.00. The van der Waals surface area contributed by atoms with Gasteiger partial charge in [-0.15, -0.1) is 4.99 Å². The second-order valence-electron chi connectivity index (χ2n) is 2.78. The molecule has 1 aromatic rings. The Balaban J connectivity index is 3.27. The number of carbonyl (C=O) groups is 1. The standard InChI is InChI=1S/C10H9NO2/c1-7-4-3-5-8(2)9(7)10(13)11-6-12/h3-5H,1-2H3. The number of benzene rings is 1. The molecule has 13 heavy (non-hydrogen) atoms. The molecule has 0 aromatic heterocycles. The van der Waals surface area contributed by atoms with Gasteiger partial charge in [0.2, 0.25) is 6.08 Å². The molecule has 1 aromatic carbocycles. The van der Waals surface area contributed by atoms with Crippen molar-refractivity contribution in [1.82, 2.24) is 0 Å². The summed E-state index contributed by atoms with van der Waals surface area (Å²) >= 11 is 0. The summed E-state index contributed by atoms with van der Waals surface area (Å²) in [6.45, 7) is 3.61. The van der Waals surface area contributed by atoms with Gasteiger partial charge < -0.3 is 0 Å². The lowest BCUT2D eigenvalue weighted by atomic mass is 10.0. The van der Waals surface area contributed by atoms with Crippen LogP contribution in [0.25, 0.3) is 0 Å². The molecule has 0 N–H and O–H groups in total. The van der Waals surface area contributed by atoms with Crippen LogP contribution in [0.4, 0.5) is 0 Å². The number of aryl methyl sites for hydroxylation is 2. The summed E-state index contributed by atoms with van der Waals surface area (Å²) in [5.41, 5.74) is 2.14. The molecule has 3 nitrogen and oxygen atoms in total. The van der Waals surface area contributed by atoms with Crippen molar-refractivity contribution >= 4 is 12.0 Å². The van der Waals surface area contributed by atoms with Crippen LogP contribution in [0.3, 0.4) is 0 Å². The number of hydrogen-bond donors (Lipinski definition) is 0. The summed E-state index contributed by atoms with van der Waals surface area (Å²) in [5.74, 6) is -0.523. The average molecular weight is 175 g/mol. The molecule has 0 aliphatic rings. The third-order valence-corrected chi connectivity index (χ3v) is 1.84. The quantitative estimate of drug-likeness (QED) is 0.482. The number of hydrogen-bond acceptors (Lipinski definition) is 2. The second kappa shape index (κ2) is 3.78. The Hall–Kier alpha value is -1.73. The van der Waals surface area contributed by atoms with E-state index in [1.165, 1.54) is 6.08 Å². The van der Waals surface area contributed by atoms with Crippen LogP contribution in [-0.2, 0) is 4.79 Å². The lowest BCUT2D eigenvalue weighted by molar-refractivity contribution is 0.100. The van der Waals surface area contributed by atoms with Crippen LogP contribution in [0.2, 0.25) is 0 Å². The van der Waals surface area contributed by atoms with E-state index in [1.807, 2.05) is 6.07 Å². The van der Waals surface area contributed by atoms with E-state index in [9.17, 15) is 9.59 Å². The maximum atomic E-state index is 11.3. The van der Waals surface area contributed by atoms with E-state index in [2.05, 4.69) is 4.99 Å². The van der Waals surface area contributed by atoms with Crippen LogP contribution >= 0.6 is 0 Å². The summed E-state index contributed by atoms with van der Waals surface area (Å²) < 4.78 is 0. The van der Waals surface area contributed by atoms with Gasteiger partial charge in [-0.3, -0.25) is 4.79 Å². The fraction of sp³-hybridized carbons (Fsp3) is 0.200. The molecule has 66 valence electrons. The Kier molecular flexibility index (Phi) is 2.72. The summed E-state index contributed by atoms with van der Waals surface area (Å²) in [7, 11) is 0. The largest absolute Gasteiger partial charge is 0.288 e. The molecule has 0 radical (unpaired) electrons. The van der Waals surface area contributed by atoms with Gasteiger partial charge in [-0.05, 0) is 25.0 Å². The minimum absolute atomic E-state index is 0.492. The Morgan fingerprint density at radius 2 is 1.85 bits per heavy atom. The zero-order valence-corrected chi connectivity index (χ0v) is 7.50. The van der Waals surface area contributed by atoms with E-state index in [4.69, 9.17) is 0 Å². The molecular formula is C10H9NO2. The lowest BCUT2D eigenvalue weighted by Gasteiger charge is -2.03. The molecule has 0 heterocycles. The zero-order valence-electron chi connectivity index (χ0n) is 7.50. The molecule has 0 unspecified atom stereocenters. The molecule has 0 bridgehead atoms. The number of carbonyl (C=O) groups excluding carboxylic acids is 2. The molecular weight excluding hydrogens is 166 g/mol. The van der Waals surface area contributed by atoms with E-state index < -0.39 is 5.91 Å². The molecule has 3 heteroatoms. The van der Waals surface area contributed by atoms with Gasteiger partial charge in [-0.2, -0.15) is 0 Å². The van der Waals surface area contributed by atoms with Crippen molar-refractivity contribution in [1.29, 1.82) is 0 Å². The summed E-state index contributed by atoms with van der Waals surface area (Å²) in [4.78, 5) is 24.2. The van der Waals surface area contributed by atoms with E-state index in [0.29, 0.717) is 5.56 Å². The van der Waals surface area contributed by atoms with Gasteiger partial charge in [0.25, 0.3) is 5.91 Å². The molecule has 0 atom stereocenters. The number of aliphatic imine (C=N–C) groups is 1. The maximum absolute atomic E-state index is 11.3. The highest BCUT2D eigenvalue weighted by atomic mass is 16.2. The zero-order chi connectivity index (χ0) is 9.84. The van der Waals surface area contributed by atoms with Crippen molar-refractivity contribution in [2.45, 2.75) is 13.8 Å². The first kappa shape index (κ1) is 9.36. The van der Waals surface area contributed by atoms with Crippen LogP contribution in [0.1, 0.15) is 21.5 Å². The predicted molar refractivity (Wildman–Crippen MR) is 48.4 cm³/mol.